The van der Waals surface area contributed by atoms with Crippen molar-refractivity contribution in [2.75, 3.05) is 5.43 Å². The molecule has 0 unspecified atom stereocenters. The molecule has 1 aromatic heterocycles. The van der Waals surface area contributed by atoms with Gasteiger partial charge in [-0.3, -0.25) is 15.5 Å². The minimum atomic E-state index is -0.520. The van der Waals surface area contributed by atoms with Gasteiger partial charge in [-0.2, -0.15) is 5.10 Å². The van der Waals surface area contributed by atoms with Gasteiger partial charge in [-0.1, -0.05) is 18.2 Å². The number of aromatic nitrogens is 1. The van der Waals surface area contributed by atoms with Crippen LogP contribution in [0.25, 0.3) is 0 Å². The number of anilines is 1. The summed E-state index contributed by atoms with van der Waals surface area (Å²) >= 11 is 3.42. The SMILES string of the molecule is O=[N+]([O-])c1ccc(N/N=C/c2ccc(OCc3ccccc3F)c(Br)c2)nc1. The quantitative estimate of drug-likeness (QED) is 0.317. The summed E-state index contributed by atoms with van der Waals surface area (Å²) in [6.07, 6.45) is 2.71. The average molecular weight is 445 g/mol. The van der Waals surface area contributed by atoms with Crippen LogP contribution in [-0.2, 0) is 6.61 Å². The monoisotopic (exact) mass is 444 g/mol. The number of nitrogens with zero attached hydrogens (tertiary/aromatic N) is 3. The fourth-order valence-electron chi connectivity index (χ4n) is 2.22. The van der Waals surface area contributed by atoms with Gasteiger partial charge in [0.05, 0.1) is 15.6 Å². The third kappa shape index (κ3) is 5.10. The molecule has 0 atom stereocenters. The van der Waals surface area contributed by atoms with E-state index in [2.05, 4.69) is 31.4 Å². The fraction of sp³-hybridized carbons (Fsp3) is 0.0526. The molecule has 28 heavy (non-hydrogen) atoms. The largest absolute Gasteiger partial charge is 0.488 e. The normalized spacial score (nSPS) is 10.8. The Morgan fingerprint density at radius 1 is 1.25 bits per heavy atom. The van der Waals surface area contributed by atoms with Crippen molar-refractivity contribution in [1.29, 1.82) is 0 Å². The van der Waals surface area contributed by atoms with E-state index in [0.717, 1.165) is 11.8 Å². The van der Waals surface area contributed by atoms with Crippen molar-refractivity contribution >= 4 is 33.6 Å². The van der Waals surface area contributed by atoms with Gasteiger partial charge in [-0.25, -0.2) is 9.37 Å². The van der Waals surface area contributed by atoms with Gasteiger partial charge in [0.1, 0.15) is 30.2 Å². The predicted octanol–water partition coefficient (Wildman–Crippen LogP) is 4.92. The smallest absolute Gasteiger partial charge is 0.287 e. The van der Waals surface area contributed by atoms with Gasteiger partial charge in [-0.15, -0.1) is 0 Å². The van der Waals surface area contributed by atoms with Crippen molar-refractivity contribution in [3.8, 4) is 5.75 Å². The lowest BCUT2D eigenvalue weighted by atomic mass is 10.2. The lowest BCUT2D eigenvalue weighted by molar-refractivity contribution is -0.385. The molecule has 0 saturated carbocycles. The Kier molecular flexibility index (Phi) is 6.28. The minimum Gasteiger partial charge on any atom is -0.488 e. The van der Waals surface area contributed by atoms with Gasteiger partial charge < -0.3 is 4.74 Å². The highest BCUT2D eigenvalue weighted by Crippen LogP contribution is 2.26. The Morgan fingerprint density at radius 2 is 2.07 bits per heavy atom. The number of ether oxygens (including phenoxy) is 1. The van der Waals surface area contributed by atoms with Crippen LogP contribution in [0, 0.1) is 15.9 Å². The third-order valence-electron chi connectivity index (χ3n) is 3.65. The number of halogens is 2. The molecule has 0 amide bonds. The Labute approximate surface area is 168 Å². The van der Waals surface area contributed by atoms with E-state index < -0.39 is 4.92 Å². The summed E-state index contributed by atoms with van der Waals surface area (Å²) in [6.45, 7) is 0.117. The maximum Gasteiger partial charge on any atom is 0.287 e. The lowest BCUT2D eigenvalue weighted by Gasteiger charge is -2.09. The van der Waals surface area contributed by atoms with E-state index in [1.54, 1.807) is 42.6 Å². The van der Waals surface area contributed by atoms with Crippen LogP contribution in [0.1, 0.15) is 11.1 Å². The van der Waals surface area contributed by atoms with Crippen molar-refractivity contribution in [3.05, 3.63) is 92.3 Å². The van der Waals surface area contributed by atoms with Crippen LogP contribution in [0.4, 0.5) is 15.9 Å². The Bertz CT molecular complexity index is 1010. The van der Waals surface area contributed by atoms with Crippen molar-refractivity contribution in [2.45, 2.75) is 6.61 Å². The molecule has 3 aromatic rings. The first-order valence-electron chi connectivity index (χ1n) is 8.08. The minimum absolute atomic E-state index is 0.0931. The van der Waals surface area contributed by atoms with E-state index in [1.807, 2.05) is 0 Å². The number of hydrogen-bond donors (Lipinski definition) is 1. The maximum absolute atomic E-state index is 13.6. The molecule has 9 heteroatoms. The van der Waals surface area contributed by atoms with Crippen LogP contribution in [0.3, 0.4) is 0 Å². The summed E-state index contributed by atoms with van der Waals surface area (Å²) in [4.78, 5) is 14.0. The van der Waals surface area contributed by atoms with E-state index >= 15 is 0 Å². The van der Waals surface area contributed by atoms with Crippen LogP contribution in [-0.4, -0.2) is 16.1 Å². The second-order valence-electron chi connectivity index (χ2n) is 5.60. The van der Waals surface area contributed by atoms with Crippen LogP contribution in [0.5, 0.6) is 5.75 Å². The molecule has 7 nitrogen and oxygen atoms in total. The molecule has 0 aliphatic rings. The van der Waals surface area contributed by atoms with Gasteiger partial charge in [0.2, 0.25) is 0 Å². The first kappa shape index (κ1) is 19.4. The van der Waals surface area contributed by atoms with Gasteiger partial charge >= 0.3 is 0 Å². The summed E-state index contributed by atoms with van der Waals surface area (Å²) in [5.74, 6) is 0.643. The molecule has 0 aliphatic heterocycles. The van der Waals surface area contributed by atoms with Crippen LogP contribution < -0.4 is 10.2 Å². The molecular formula is C19H14BrFN4O3. The average Bonchev–Trinajstić information content (AvgIpc) is 2.69. The van der Waals surface area contributed by atoms with E-state index in [9.17, 15) is 14.5 Å². The standard InChI is InChI=1S/C19H14BrFN4O3/c20-16-9-13(10-23-24-19-8-6-15(11-22-19)25(26)27)5-7-18(16)28-12-14-3-1-2-4-17(14)21/h1-11H,12H2,(H,22,24)/b23-10+. The Hall–Kier alpha value is -3.33. The highest BCUT2D eigenvalue weighted by Gasteiger charge is 2.06. The topological polar surface area (TPSA) is 89.7 Å². The highest BCUT2D eigenvalue weighted by molar-refractivity contribution is 9.10. The molecule has 1 N–H and O–H groups in total. The fourth-order valence-corrected chi connectivity index (χ4v) is 2.73. The molecule has 0 saturated heterocycles. The van der Waals surface area contributed by atoms with Crippen molar-refractivity contribution in [1.82, 2.24) is 4.98 Å². The first-order valence-corrected chi connectivity index (χ1v) is 8.87. The molecule has 1 heterocycles. The summed E-state index contributed by atoms with van der Waals surface area (Å²) in [7, 11) is 0. The molecule has 142 valence electrons. The zero-order valence-electron chi connectivity index (χ0n) is 14.4. The summed E-state index contributed by atoms with van der Waals surface area (Å²) in [6, 6.07) is 14.6. The van der Waals surface area contributed by atoms with E-state index in [1.165, 1.54) is 18.2 Å². The van der Waals surface area contributed by atoms with Crippen molar-refractivity contribution in [2.24, 2.45) is 5.10 Å². The van der Waals surface area contributed by atoms with Crippen molar-refractivity contribution in [3.63, 3.8) is 0 Å². The molecule has 0 fully saturated rings. The summed E-state index contributed by atoms with van der Waals surface area (Å²) in [5, 5.41) is 14.6. The molecule has 0 bridgehead atoms. The lowest BCUT2D eigenvalue weighted by Crippen LogP contribution is -1.99. The number of nitrogens with one attached hydrogen (secondary N) is 1. The molecule has 2 aromatic carbocycles. The number of pyridine rings is 1. The van der Waals surface area contributed by atoms with Gasteiger partial charge in [0.15, 0.2) is 0 Å². The Balaban J connectivity index is 1.59. The molecule has 0 aliphatic carbocycles. The van der Waals surface area contributed by atoms with Crippen LogP contribution in [0.15, 0.2) is 70.4 Å². The number of rotatable bonds is 7. The summed E-state index contributed by atoms with van der Waals surface area (Å²) < 4.78 is 20.0. The van der Waals surface area contributed by atoms with E-state index in [4.69, 9.17) is 4.74 Å². The zero-order chi connectivity index (χ0) is 19.9. The maximum atomic E-state index is 13.6. The van der Waals surface area contributed by atoms with Crippen LogP contribution >= 0.6 is 15.9 Å². The van der Waals surface area contributed by atoms with Crippen LogP contribution in [0.2, 0.25) is 0 Å². The van der Waals surface area contributed by atoms with Gasteiger partial charge in [-0.05, 0) is 51.8 Å². The molecule has 3 rings (SSSR count). The molecule has 0 radical (unpaired) electrons. The number of benzene rings is 2. The number of hydrazone groups is 1. The summed E-state index contributed by atoms with van der Waals surface area (Å²) in [5.41, 5.74) is 3.85. The van der Waals surface area contributed by atoms with E-state index in [-0.39, 0.29) is 18.1 Å². The predicted molar refractivity (Wildman–Crippen MR) is 107 cm³/mol. The van der Waals surface area contributed by atoms with E-state index in [0.29, 0.717) is 21.6 Å². The first-order chi connectivity index (χ1) is 13.5. The molecular weight excluding hydrogens is 431 g/mol. The third-order valence-corrected chi connectivity index (χ3v) is 4.27. The second kappa shape index (κ2) is 9.05. The van der Waals surface area contributed by atoms with Gasteiger partial charge in [0, 0.05) is 11.6 Å². The number of nitro groups is 1. The molecule has 0 spiro atoms. The highest BCUT2D eigenvalue weighted by atomic mass is 79.9. The second-order valence-corrected chi connectivity index (χ2v) is 6.45. The number of hydrogen-bond acceptors (Lipinski definition) is 6. The zero-order valence-corrected chi connectivity index (χ0v) is 16.0. The van der Waals surface area contributed by atoms with Crippen molar-refractivity contribution < 1.29 is 14.1 Å². The van der Waals surface area contributed by atoms with Gasteiger partial charge in [0.25, 0.3) is 5.69 Å². The Morgan fingerprint density at radius 3 is 2.75 bits per heavy atom.